The normalized spacial score (nSPS) is 11.3. The number of hydrogen-bond acceptors (Lipinski definition) is 13. The van der Waals surface area contributed by atoms with Crippen molar-refractivity contribution in [2.24, 2.45) is 0 Å². The topological polar surface area (TPSA) is 242 Å². The molecule has 4 aromatic carbocycles. The fraction of sp³-hybridized carbons (Fsp3) is 0.136. The molecule has 0 aliphatic carbocycles. The Balaban J connectivity index is 0.000000186. The van der Waals surface area contributed by atoms with E-state index in [-0.39, 0.29) is 54.8 Å². The van der Waals surface area contributed by atoms with Gasteiger partial charge in [-0.2, -0.15) is 0 Å². The number of aryl methyl sites for hydroxylation is 2. The summed E-state index contributed by atoms with van der Waals surface area (Å²) in [6.45, 7) is 3.92. The summed E-state index contributed by atoms with van der Waals surface area (Å²) in [5.41, 5.74) is 5.30. The van der Waals surface area contributed by atoms with Crippen molar-refractivity contribution in [2.45, 2.75) is 36.5 Å². The molecule has 0 radical (unpaired) electrons. The lowest BCUT2D eigenvalue weighted by molar-refractivity contribution is 0.102. The number of halogens is 5. The molecule has 8 aromatic rings. The fourth-order valence-corrected chi connectivity index (χ4v) is 8.25. The number of benzene rings is 4. The standard InChI is InChI=1S/C22H18F2N4O4S.C14H10F2N4O2.C8H9ClO2S/c1-3-12-4-6-13(7-5-12)33(30,31)28-16-9-8-15(23)18(19(16)24)20(29)14-10-25-21-17(14)22(32-2)27-11-26-21;1-22-14-9-6(4-18-13(9)19-5-20-14)12(21)10-7(15)2-3-8(17)11(10)16;1-2-7-3-5-8(6-4-7)12(9,10)11/h4-11,28H,3H2,1-2H3,(H,25,26,27);2-5H,17H2,1H3,(H,18,19,20);3-6H,2H2,1H3. The summed E-state index contributed by atoms with van der Waals surface area (Å²) in [5.74, 6) is -6.34. The summed E-state index contributed by atoms with van der Waals surface area (Å²) in [6, 6.07) is 16.3. The van der Waals surface area contributed by atoms with Crippen molar-refractivity contribution < 1.29 is 53.5 Å². The minimum absolute atomic E-state index is 0.00384. The van der Waals surface area contributed by atoms with Gasteiger partial charge < -0.3 is 25.2 Å². The second kappa shape index (κ2) is 20.4. The van der Waals surface area contributed by atoms with Crippen molar-refractivity contribution in [3.63, 3.8) is 0 Å². The summed E-state index contributed by atoms with van der Waals surface area (Å²) >= 11 is 0. The van der Waals surface area contributed by atoms with Crippen LogP contribution in [0.4, 0.5) is 28.9 Å². The van der Waals surface area contributed by atoms with Gasteiger partial charge in [-0.3, -0.25) is 14.3 Å². The van der Waals surface area contributed by atoms with Crippen molar-refractivity contribution >= 4 is 74.8 Å². The third-order valence-corrected chi connectivity index (χ3v) is 12.7. The van der Waals surface area contributed by atoms with Gasteiger partial charge in [0.2, 0.25) is 23.3 Å². The van der Waals surface area contributed by atoms with Crippen LogP contribution in [0.5, 0.6) is 11.8 Å². The number of H-pyrrole nitrogens is 2. The van der Waals surface area contributed by atoms with Crippen LogP contribution in [-0.2, 0) is 31.9 Å². The lowest BCUT2D eigenvalue weighted by Gasteiger charge is -2.12. The average molecular weight is 981 g/mol. The Morgan fingerprint density at radius 3 is 1.51 bits per heavy atom. The quantitative estimate of drug-likeness (QED) is 0.0392. The number of ether oxygens (including phenoxy) is 2. The van der Waals surface area contributed by atoms with E-state index in [1.54, 1.807) is 24.3 Å². The number of nitrogens with zero attached hydrogens (tertiary/aromatic N) is 4. The molecular weight excluding hydrogens is 944 g/mol. The van der Waals surface area contributed by atoms with E-state index in [4.69, 9.17) is 25.9 Å². The smallest absolute Gasteiger partial charge is 0.261 e. The minimum Gasteiger partial charge on any atom is -0.480 e. The molecule has 0 unspecified atom stereocenters. The maximum Gasteiger partial charge on any atom is 0.261 e. The van der Waals surface area contributed by atoms with E-state index in [0.29, 0.717) is 5.65 Å². The van der Waals surface area contributed by atoms with Crippen molar-refractivity contribution in [3.8, 4) is 11.8 Å². The number of carbonyl (C=O) groups excluding carboxylic acids is 2. The molecule has 0 saturated heterocycles. The van der Waals surface area contributed by atoms with Gasteiger partial charge in [0.15, 0.2) is 11.6 Å². The number of ketones is 2. The number of carbonyl (C=O) groups is 2. The number of aromatic nitrogens is 6. The van der Waals surface area contributed by atoms with Crippen LogP contribution in [0.25, 0.3) is 22.1 Å². The lowest BCUT2D eigenvalue weighted by Crippen LogP contribution is -2.16. The van der Waals surface area contributed by atoms with E-state index in [0.717, 1.165) is 48.2 Å². The predicted molar refractivity (Wildman–Crippen MR) is 240 cm³/mol. The summed E-state index contributed by atoms with van der Waals surface area (Å²) in [5, 5.41) is 0.391. The monoisotopic (exact) mass is 980 g/mol. The average Bonchev–Trinajstić information content (AvgIpc) is 3.97. The van der Waals surface area contributed by atoms with Gasteiger partial charge in [-0.25, -0.2) is 54.3 Å². The Morgan fingerprint density at radius 1 is 0.642 bits per heavy atom. The number of sulfonamides is 1. The van der Waals surface area contributed by atoms with Gasteiger partial charge in [-0.1, -0.05) is 38.1 Å². The molecule has 0 atom stereocenters. The molecule has 0 amide bonds. The van der Waals surface area contributed by atoms with Crippen LogP contribution in [0.15, 0.2) is 108 Å². The number of anilines is 2. The van der Waals surface area contributed by atoms with Gasteiger partial charge in [0.05, 0.1) is 68.4 Å². The first kappa shape index (κ1) is 49.0. The van der Waals surface area contributed by atoms with Crippen LogP contribution in [0, 0.1) is 23.3 Å². The number of methoxy groups -OCH3 is 2. The zero-order valence-electron chi connectivity index (χ0n) is 35.5. The molecule has 4 aromatic heterocycles. The molecule has 4 heterocycles. The number of hydrogen-bond donors (Lipinski definition) is 4. The first-order valence-electron chi connectivity index (χ1n) is 19.5. The van der Waals surface area contributed by atoms with Crippen LogP contribution in [-0.4, -0.2) is 72.5 Å². The van der Waals surface area contributed by atoms with Gasteiger partial charge in [0, 0.05) is 23.1 Å². The summed E-state index contributed by atoms with van der Waals surface area (Å²) in [6.07, 6.45) is 6.59. The highest BCUT2D eigenvalue weighted by Gasteiger charge is 2.29. The van der Waals surface area contributed by atoms with E-state index in [2.05, 4.69) is 34.6 Å². The highest BCUT2D eigenvalue weighted by Crippen LogP contribution is 2.32. The SMILES string of the molecule is CCc1ccc(S(=O)(=O)Cl)cc1.CCc1ccc(S(=O)(=O)Nc2ccc(F)c(C(=O)c3c[nH]c4ncnc(OC)c34)c2F)cc1.COc1ncnc2[nH]cc(C(=O)c3c(F)ccc(N)c3F)c12. The lowest BCUT2D eigenvalue weighted by atomic mass is 10.0. The largest absolute Gasteiger partial charge is 0.480 e. The number of nitrogen functional groups attached to an aromatic ring is 1. The molecule has 0 saturated carbocycles. The van der Waals surface area contributed by atoms with Crippen LogP contribution in [0.1, 0.15) is 56.8 Å². The molecule has 8 rings (SSSR count). The number of nitrogens with two attached hydrogens (primary N) is 1. The number of aromatic amines is 2. The molecule has 348 valence electrons. The van der Waals surface area contributed by atoms with Gasteiger partial charge >= 0.3 is 0 Å². The van der Waals surface area contributed by atoms with E-state index >= 15 is 4.39 Å². The minimum atomic E-state index is -4.19. The van der Waals surface area contributed by atoms with E-state index in [1.807, 2.05) is 13.8 Å². The highest BCUT2D eigenvalue weighted by atomic mass is 35.7. The molecule has 0 fully saturated rings. The molecule has 16 nitrogen and oxygen atoms in total. The van der Waals surface area contributed by atoms with Crippen molar-refractivity contribution in [2.75, 3.05) is 24.7 Å². The molecule has 0 aliphatic rings. The summed E-state index contributed by atoms with van der Waals surface area (Å²) in [4.78, 5) is 46.8. The third-order valence-electron chi connectivity index (χ3n) is 9.91. The fourth-order valence-electron chi connectivity index (χ4n) is 6.42. The van der Waals surface area contributed by atoms with E-state index in [9.17, 15) is 39.6 Å². The number of rotatable bonds is 12. The second-order valence-corrected chi connectivity index (χ2v) is 18.2. The van der Waals surface area contributed by atoms with E-state index < -0.39 is 70.7 Å². The van der Waals surface area contributed by atoms with Gasteiger partial charge in [-0.05, 0) is 72.5 Å². The van der Waals surface area contributed by atoms with Crippen LogP contribution in [0.3, 0.4) is 0 Å². The molecule has 67 heavy (non-hydrogen) atoms. The van der Waals surface area contributed by atoms with Gasteiger partial charge in [0.1, 0.15) is 35.6 Å². The van der Waals surface area contributed by atoms with Gasteiger partial charge in [0.25, 0.3) is 19.1 Å². The van der Waals surface area contributed by atoms with Crippen LogP contribution >= 0.6 is 10.7 Å². The Hall–Kier alpha value is -7.43. The zero-order valence-corrected chi connectivity index (χ0v) is 37.9. The zero-order chi connectivity index (χ0) is 48.8. The molecule has 0 bridgehead atoms. The maximum absolute atomic E-state index is 15.3. The first-order valence-corrected chi connectivity index (χ1v) is 23.3. The van der Waals surface area contributed by atoms with Crippen LogP contribution < -0.4 is 19.9 Å². The first-order chi connectivity index (χ1) is 31.8. The molecule has 5 N–H and O–H groups in total. The Morgan fingerprint density at radius 2 is 1.07 bits per heavy atom. The Labute approximate surface area is 384 Å². The third kappa shape index (κ3) is 10.5. The maximum atomic E-state index is 15.3. The summed E-state index contributed by atoms with van der Waals surface area (Å²) < 4.78 is 117. The Kier molecular flexibility index (Phi) is 14.9. The van der Waals surface area contributed by atoms with E-state index in [1.165, 1.54) is 63.5 Å². The number of nitrogens with one attached hydrogen (secondary N) is 3. The van der Waals surface area contributed by atoms with Crippen molar-refractivity contribution in [3.05, 3.63) is 154 Å². The Bertz CT molecular complexity index is 3380. The molecular formula is C44H37ClF4N8O8S2. The number of fused-ring (bicyclic) bond motifs is 2. The highest BCUT2D eigenvalue weighted by molar-refractivity contribution is 8.13. The van der Waals surface area contributed by atoms with Crippen molar-refractivity contribution in [1.29, 1.82) is 0 Å². The molecule has 0 spiro atoms. The second-order valence-electron chi connectivity index (χ2n) is 13.9. The van der Waals surface area contributed by atoms with Crippen LogP contribution in [0.2, 0.25) is 0 Å². The molecule has 23 heteroatoms. The molecule has 0 aliphatic heterocycles. The summed E-state index contributed by atoms with van der Waals surface area (Å²) in [7, 11) is 0.0773. The van der Waals surface area contributed by atoms with Gasteiger partial charge in [-0.15, -0.1) is 0 Å². The van der Waals surface area contributed by atoms with Crippen molar-refractivity contribution in [1.82, 2.24) is 29.9 Å². The predicted octanol–water partition coefficient (Wildman–Crippen LogP) is 8.07.